The number of benzene rings is 1. The summed E-state index contributed by atoms with van der Waals surface area (Å²) < 4.78 is 0. The molecule has 1 aliphatic heterocycles. The van der Waals surface area contributed by atoms with Crippen LogP contribution in [0.1, 0.15) is 34.6 Å². The van der Waals surface area contributed by atoms with E-state index in [2.05, 4.69) is 20.5 Å². The quantitative estimate of drug-likeness (QED) is 0.509. The maximum Gasteiger partial charge on any atom is 0.253 e. The van der Waals surface area contributed by atoms with Crippen molar-refractivity contribution in [3.8, 4) is 11.3 Å². The molecule has 0 spiro atoms. The molecule has 0 saturated heterocycles. The summed E-state index contributed by atoms with van der Waals surface area (Å²) in [5, 5.41) is 6.38. The number of carbonyl (C=O) groups excluding carboxylic acids is 1. The van der Waals surface area contributed by atoms with Crippen LogP contribution in [0, 0.1) is 6.92 Å². The molecule has 144 valence electrons. The number of amides is 1. The molecule has 3 aromatic rings. The molecule has 28 heavy (non-hydrogen) atoms. The summed E-state index contributed by atoms with van der Waals surface area (Å²) in [6.07, 6.45) is 2.73. The fraction of sp³-hybridized carbons (Fsp3) is 0.350. The van der Waals surface area contributed by atoms with Crippen LogP contribution in [0.2, 0.25) is 0 Å². The van der Waals surface area contributed by atoms with Crippen LogP contribution in [0.25, 0.3) is 22.3 Å². The third kappa shape index (κ3) is 2.91. The molecule has 4 N–H and O–H groups in total. The first-order chi connectivity index (χ1) is 13.6. The highest BCUT2D eigenvalue weighted by Gasteiger charge is 2.29. The lowest BCUT2D eigenvalue weighted by Crippen LogP contribution is -2.44. The van der Waals surface area contributed by atoms with Gasteiger partial charge >= 0.3 is 0 Å². The van der Waals surface area contributed by atoms with E-state index >= 15 is 0 Å². The van der Waals surface area contributed by atoms with Crippen LogP contribution >= 0.6 is 11.8 Å². The third-order valence-corrected chi connectivity index (χ3v) is 5.91. The Morgan fingerprint density at radius 1 is 1.18 bits per heavy atom. The summed E-state index contributed by atoms with van der Waals surface area (Å²) in [5.74, 6) is 0.771. The van der Waals surface area contributed by atoms with Gasteiger partial charge < -0.3 is 15.6 Å². The van der Waals surface area contributed by atoms with Gasteiger partial charge in [0.2, 0.25) is 0 Å². The predicted molar refractivity (Wildman–Crippen MR) is 110 cm³/mol. The average molecular weight is 397 g/mol. The number of nitrogens with one attached hydrogen (secondary N) is 4. The highest BCUT2D eigenvalue weighted by atomic mass is 35.5. The van der Waals surface area contributed by atoms with E-state index in [1.165, 1.54) is 0 Å². The van der Waals surface area contributed by atoms with Crippen molar-refractivity contribution in [1.82, 2.24) is 25.1 Å². The van der Waals surface area contributed by atoms with Crippen molar-refractivity contribution in [3.63, 3.8) is 0 Å². The summed E-state index contributed by atoms with van der Waals surface area (Å²) >= 11 is 5.69. The minimum Gasteiger partial charge on any atom is -0.366 e. The van der Waals surface area contributed by atoms with Crippen molar-refractivity contribution in [2.75, 3.05) is 11.9 Å². The van der Waals surface area contributed by atoms with Crippen molar-refractivity contribution >= 4 is 34.5 Å². The minimum absolute atomic E-state index is 0.0271. The number of aromatic nitrogens is 3. The molecule has 1 fully saturated rings. The Balaban J connectivity index is 1.54. The molecule has 2 aliphatic rings. The molecule has 0 atom stereocenters. The monoisotopic (exact) mass is 396 g/mol. The number of nitrogens with zero attached hydrogens (tertiary/aromatic N) is 2. The number of H-pyrrole nitrogens is 1. The van der Waals surface area contributed by atoms with Gasteiger partial charge in [-0.05, 0) is 43.7 Å². The Bertz CT molecular complexity index is 1070. The zero-order chi connectivity index (χ0) is 19.3. The summed E-state index contributed by atoms with van der Waals surface area (Å²) in [7, 11) is 0. The van der Waals surface area contributed by atoms with Crippen LogP contribution in [-0.4, -0.2) is 39.5 Å². The van der Waals surface area contributed by atoms with Crippen molar-refractivity contribution in [1.29, 1.82) is 0 Å². The van der Waals surface area contributed by atoms with E-state index in [4.69, 9.17) is 21.7 Å². The van der Waals surface area contributed by atoms with E-state index < -0.39 is 0 Å². The van der Waals surface area contributed by atoms with Crippen molar-refractivity contribution in [2.24, 2.45) is 0 Å². The van der Waals surface area contributed by atoms with Gasteiger partial charge in [0.05, 0.1) is 16.8 Å². The minimum atomic E-state index is -0.0271. The Morgan fingerprint density at radius 3 is 2.82 bits per heavy atom. The highest BCUT2D eigenvalue weighted by Crippen LogP contribution is 2.31. The molecular formula is C20H21ClN6O. The van der Waals surface area contributed by atoms with E-state index in [0.717, 1.165) is 58.8 Å². The molecule has 1 saturated carbocycles. The van der Waals surface area contributed by atoms with Crippen molar-refractivity contribution < 1.29 is 4.79 Å². The fourth-order valence-electron chi connectivity index (χ4n) is 3.98. The Hall–Kier alpha value is -2.64. The van der Waals surface area contributed by atoms with Crippen LogP contribution in [0.15, 0.2) is 24.3 Å². The number of para-hydroxylation sites is 1. The van der Waals surface area contributed by atoms with Gasteiger partial charge in [0, 0.05) is 42.0 Å². The molecule has 5 rings (SSSR count). The highest BCUT2D eigenvalue weighted by molar-refractivity contribution is 6.13. The second kappa shape index (κ2) is 6.76. The molecule has 0 radical (unpaired) electrons. The molecule has 3 heterocycles. The van der Waals surface area contributed by atoms with Crippen LogP contribution in [0.5, 0.6) is 0 Å². The summed E-state index contributed by atoms with van der Waals surface area (Å²) in [6.45, 7) is 2.63. The smallest absolute Gasteiger partial charge is 0.253 e. The van der Waals surface area contributed by atoms with Gasteiger partial charge in [-0.15, -0.1) is 0 Å². The number of aromatic amines is 1. The first-order valence-corrected chi connectivity index (χ1v) is 9.90. The Morgan fingerprint density at radius 2 is 2.04 bits per heavy atom. The first-order valence-electron chi connectivity index (χ1n) is 9.53. The normalized spacial score (nSPS) is 21.1. The van der Waals surface area contributed by atoms with Crippen LogP contribution < -0.4 is 15.5 Å². The van der Waals surface area contributed by atoms with Gasteiger partial charge in [-0.25, -0.2) is 14.8 Å². The SMILES string of the molecule is Cc1nc2cccc(-c3cc4c([nH]3)CCNC4=O)c2nc1N[C@H]1C[C@@H](NCl)C1. The molecule has 0 unspecified atom stereocenters. The fourth-order valence-corrected chi connectivity index (χ4v) is 4.15. The number of hydrogen-bond acceptors (Lipinski definition) is 5. The maximum absolute atomic E-state index is 12.1. The van der Waals surface area contributed by atoms with Gasteiger partial charge in [-0.2, -0.15) is 0 Å². The number of anilines is 1. The van der Waals surface area contributed by atoms with Gasteiger partial charge in [-0.3, -0.25) is 4.79 Å². The van der Waals surface area contributed by atoms with E-state index in [0.29, 0.717) is 24.2 Å². The summed E-state index contributed by atoms with van der Waals surface area (Å²) in [6, 6.07) is 8.56. The molecule has 1 amide bonds. The van der Waals surface area contributed by atoms with E-state index in [9.17, 15) is 4.79 Å². The lowest BCUT2D eigenvalue weighted by molar-refractivity contribution is 0.0946. The zero-order valence-corrected chi connectivity index (χ0v) is 16.2. The van der Waals surface area contributed by atoms with Crippen molar-refractivity contribution in [3.05, 3.63) is 41.2 Å². The largest absolute Gasteiger partial charge is 0.366 e. The lowest BCUT2D eigenvalue weighted by Gasteiger charge is -2.35. The average Bonchev–Trinajstić information content (AvgIpc) is 3.09. The Kier molecular flexibility index (Phi) is 4.21. The first kappa shape index (κ1) is 17.5. The number of carbonyl (C=O) groups is 1. The topological polar surface area (TPSA) is 94.7 Å². The second-order valence-electron chi connectivity index (χ2n) is 7.53. The number of fused-ring (bicyclic) bond motifs is 2. The second-order valence-corrected chi connectivity index (χ2v) is 7.75. The molecule has 2 aromatic heterocycles. The molecule has 8 heteroatoms. The van der Waals surface area contributed by atoms with Crippen LogP contribution in [-0.2, 0) is 6.42 Å². The number of halogens is 1. The summed E-state index contributed by atoms with van der Waals surface area (Å²) in [5.41, 5.74) is 6.06. The van der Waals surface area contributed by atoms with Crippen LogP contribution in [0.3, 0.4) is 0 Å². The molecule has 7 nitrogen and oxygen atoms in total. The molecular weight excluding hydrogens is 376 g/mol. The maximum atomic E-state index is 12.1. The number of hydrogen-bond donors (Lipinski definition) is 4. The summed E-state index contributed by atoms with van der Waals surface area (Å²) in [4.78, 5) is 28.0. The van der Waals surface area contributed by atoms with Crippen molar-refractivity contribution in [2.45, 2.75) is 38.3 Å². The zero-order valence-electron chi connectivity index (χ0n) is 15.5. The molecule has 1 aromatic carbocycles. The predicted octanol–water partition coefficient (Wildman–Crippen LogP) is 2.91. The number of rotatable bonds is 4. The molecule has 1 aliphatic carbocycles. The van der Waals surface area contributed by atoms with Gasteiger partial charge in [-0.1, -0.05) is 12.1 Å². The van der Waals surface area contributed by atoms with Gasteiger partial charge in [0.25, 0.3) is 5.91 Å². The standard InChI is InChI=1S/C20H21ClN6O/c1-10-19(24-11-7-12(8-11)27-21)26-18-13(3-2-4-16(18)23-10)17-9-14-15(25-17)5-6-22-20(14)28/h2-4,9,11-12,25,27H,5-8H2,1H3,(H,22,28)(H,24,26)/t11-,12+. The van der Waals surface area contributed by atoms with Crippen LogP contribution in [0.4, 0.5) is 5.82 Å². The lowest BCUT2D eigenvalue weighted by atomic mass is 9.87. The van der Waals surface area contributed by atoms with E-state index in [1.54, 1.807) is 0 Å². The van der Waals surface area contributed by atoms with E-state index in [1.807, 2.05) is 31.2 Å². The van der Waals surface area contributed by atoms with Gasteiger partial charge in [0.1, 0.15) is 11.3 Å². The Labute approximate surface area is 167 Å². The van der Waals surface area contributed by atoms with E-state index in [-0.39, 0.29) is 5.91 Å². The van der Waals surface area contributed by atoms with Gasteiger partial charge in [0.15, 0.2) is 0 Å². The molecule has 0 bridgehead atoms. The number of aryl methyl sites for hydroxylation is 1. The third-order valence-electron chi connectivity index (χ3n) is 5.60.